The van der Waals surface area contributed by atoms with Crippen molar-refractivity contribution in [1.82, 2.24) is 4.98 Å². The van der Waals surface area contributed by atoms with Crippen molar-refractivity contribution in [2.75, 3.05) is 24.3 Å². The lowest BCUT2D eigenvalue weighted by atomic mass is 9.87. The zero-order valence-electron chi connectivity index (χ0n) is 12.4. The monoisotopic (exact) mass is 266 g/mol. The Kier molecular flexibility index (Phi) is 4.34. The van der Waals surface area contributed by atoms with E-state index in [0.29, 0.717) is 11.6 Å². The molecule has 106 valence electrons. The molecule has 0 aromatic carbocycles. The number of nitrogens with one attached hydrogen (secondary N) is 1. The molecule has 6 heteroatoms. The molecule has 1 N–H and O–H groups in total. The topological polar surface area (TPSA) is 71.3 Å². The molecule has 0 amide bonds. The standard InChI is InChI=1S/C13H22N4O2/c1-9(13(2,3)4)16(6)12-8-10(17(18)19)7-11(14-5)15-12/h7-9H,1-6H3,(H,14,15). The molecule has 0 fully saturated rings. The van der Waals surface area contributed by atoms with Gasteiger partial charge in [-0.15, -0.1) is 0 Å². The van der Waals surface area contributed by atoms with E-state index in [1.165, 1.54) is 12.1 Å². The third kappa shape index (κ3) is 3.56. The molecule has 1 rings (SSSR count). The van der Waals surface area contributed by atoms with Crippen LogP contribution < -0.4 is 10.2 Å². The normalized spacial score (nSPS) is 12.9. The summed E-state index contributed by atoms with van der Waals surface area (Å²) < 4.78 is 0. The number of aromatic nitrogens is 1. The van der Waals surface area contributed by atoms with Gasteiger partial charge in [-0.2, -0.15) is 0 Å². The summed E-state index contributed by atoms with van der Waals surface area (Å²) in [5.41, 5.74) is 0.100. The molecule has 1 atom stereocenters. The third-order valence-corrected chi connectivity index (χ3v) is 3.46. The largest absolute Gasteiger partial charge is 0.373 e. The van der Waals surface area contributed by atoms with Crippen LogP contribution in [0.5, 0.6) is 0 Å². The van der Waals surface area contributed by atoms with Gasteiger partial charge in [-0.1, -0.05) is 20.8 Å². The molecule has 1 aromatic rings. The van der Waals surface area contributed by atoms with Crippen LogP contribution in [0.15, 0.2) is 12.1 Å². The lowest BCUT2D eigenvalue weighted by molar-refractivity contribution is -0.384. The molecule has 0 saturated carbocycles. The third-order valence-electron chi connectivity index (χ3n) is 3.46. The van der Waals surface area contributed by atoms with E-state index in [9.17, 15) is 10.1 Å². The van der Waals surface area contributed by atoms with Crippen molar-refractivity contribution in [3.63, 3.8) is 0 Å². The number of hydrogen-bond donors (Lipinski definition) is 1. The lowest BCUT2D eigenvalue weighted by Crippen LogP contribution is -2.39. The molecule has 0 aliphatic carbocycles. The number of hydrogen-bond acceptors (Lipinski definition) is 5. The van der Waals surface area contributed by atoms with Gasteiger partial charge >= 0.3 is 0 Å². The van der Waals surface area contributed by atoms with Gasteiger partial charge in [0.15, 0.2) is 0 Å². The molecule has 1 aromatic heterocycles. The minimum atomic E-state index is -0.401. The maximum Gasteiger partial charge on any atom is 0.276 e. The van der Waals surface area contributed by atoms with Crippen LogP contribution in [0, 0.1) is 15.5 Å². The summed E-state index contributed by atoms with van der Waals surface area (Å²) in [6, 6.07) is 3.13. The van der Waals surface area contributed by atoms with Crippen molar-refractivity contribution in [2.24, 2.45) is 5.41 Å². The van der Waals surface area contributed by atoms with Crippen molar-refractivity contribution >= 4 is 17.3 Å². The molecule has 0 aliphatic rings. The summed E-state index contributed by atoms with van der Waals surface area (Å²) >= 11 is 0. The highest BCUT2D eigenvalue weighted by molar-refractivity contribution is 5.55. The molecule has 0 bridgehead atoms. The maximum atomic E-state index is 10.9. The second-order valence-corrected chi connectivity index (χ2v) is 5.73. The maximum absolute atomic E-state index is 10.9. The molecule has 6 nitrogen and oxygen atoms in total. The fourth-order valence-electron chi connectivity index (χ4n) is 1.70. The number of nitrogens with zero attached hydrogens (tertiary/aromatic N) is 3. The Morgan fingerprint density at radius 3 is 2.42 bits per heavy atom. The van der Waals surface area contributed by atoms with Crippen LogP contribution in [0.3, 0.4) is 0 Å². The Hall–Kier alpha value is -1.85. The second-order valence-electron chi connectivity index (χ2n) is 5.73. The summed E-state index contributed by atoms with van der Waals surface area (Å²) in [7, 11) is 3.60. The van der Waals surface area contributed by atoms with E-state index >= 15 is 0 Å². The Labute approximate surface area is 114 Å². The van der Waals surface area contributed by atoms with Crippen molar-refractivity contribution in [3.05, 3.63) is 22.2 Å². The first kappa shape index (κ1) is 15.2. The summed E-state index contributed by atoms with van der Waals surface area (Å²) in [5, 5.41) is 13.8. The Bertz CT molecular complexity index is 468. The highest BCUT2D eigenvalue weighted by atomic mass is 16.6. The summed E-state index contributed by atoms with van der Waals surface area (Å²) in [4.78, 5) is 16.9. The summed E-state index contributed by atoms with van der Waals surface area (Å²) in [6.07, 6.45) is 0. The van der Waals surface area contributed by atoms with Gasteiger partial charge in [0.2, 0.25) is 0 Å². The molecule has 0 spiro atoms. The van der Waals surface area contributed by atoms with E-state index in [1.54, 1.807) is 7.05 Å². The second kappa shape index (κ2) is 5.42. The van der Waals surface area contributed by atoms with E-state index in [2.05, 4.69) is 38.0 Å². The first-order valence-corrected chi connectivity index (χ1v) is 6.24. The Balaban J connectivity index is 3.19. The number of nitro groups is 1. The van der Waals surface area contributed by atoms with E-state index in [0.717, 1.165) is 0 Å². The number of pyridine rings is 1. The zero-order valence-corrected chi connectivity index (χ0v) is 12.4. The first-order chi connectivity index (χ1) is 8.66. The van der Waals surface area contributed by atoms with Crippen LogP contribution in [0.2, 0.25) is 0 Å². The quantitative estimate of drug-likeness (QED) is 0.670. The highest BCUT2D eigenvalue weighted by Crippen LogP contribution is 2.29. The van der Waals surface area contributed by atoms with Crippen LogP contribution in [0.1, 0.15) is 27.7 Å². The van der Waals surface area contributed by atoms with Gasteiger partial charge in [-0.05, 0) is 12.3 Å². The molecule has 19 heavy (non-hydrogen) atoms. The van der Waals surface area contributed by atoms with Crippen LogP contribution >= 0.6 is 0 Å². The summed E-state index contributed by atoms with van der Waals surface area (Å²) in [6.45, 7) is 8.47. The zero-order chi connectivity index (χ0) is 14.8. The summed E-state index contributed by atoms with van der Waals surface area (Å²) in [5.74, 6) is 1.10. The fraction of sp³-hybridized carbons (Fsp3) is 0.615. The van der Waals surface area contributed by atoms with Gasteiger partial charge in [-0.25, -0.2) is 4.98 Å². The molecular weight excluding hydrogens is 244 g/mol. The van der Waals surface area contributed by atoms with Gasteiger partial charge in [0, 0.05) is 20.1 Å². The SMILES string of the molecule is CNc1cc([N+](=O)[O-])cc(N(C)C(C)C(C)(C)C)n1. The molecule has 1 heterocycles. The van der Waals surface area contributed by atoms with Crippen molar-refractivity contribution < 1.29 is 4.92 Å². The van der Waals surface area contributed by atoms with Gasteiger partial charge < -0.3 is 10.2 Å². The van der Waals surface area contributed by atoms with Crippen LogP contribution in [-0.4, -0.2) is 30.0 Å². The van der Waals surface area contributed by atoms with Gasteiger partial charge in [0.1, 0.15) is 11.6 Å². The predicted molar refractivity (Wildman–Crippen MR) is 77.8 cm³/mol. The molecule has 1 unspecified atom stereocenters. The van der Waals surface area contributed by atoms with E-state index in [-0.39, 0.29) is 17.1 Å². The van der Waals surface area contributed by atoms with Crippen molar-refractivity contribution in [3.8, 4) is 0 Å². The van der Waals surface area contributed by atoms with Crippen molar-refractivity contribution in [1.29, 1.82) is 0 Å². The Morgan fingerprint density at radius 1 is 1.42 bits per heavy atom. The van der Waals surface area contributed by atoms with Gasteiger partial charge in [0.05, 0.1) is 17.1 Å². The molecule has 0 saturated heterocycles. The molecule has 0 radical (unpaired) electrons. The minimum Gasteiger partial charge on any atom is -0.373 e. The van der Waals surface area contributed by atoms with E-state index in [4.69, 9.17) is 0 Å². The van der Waals surface area contributed by atoms with E-state index in [1.807, 2.05) is 11.9 Å². The van der Waals surface area contributed by atoms with Gasteiger partial charge in [0.25, 0.3) is 5.69 Å². The average Bonchev–Trinajstić information content (AvgIpc) is 2.35. The fourth-order valence-corrected chi connectivity index (χ4v) is 1.70. The van der Waals surface area contributed by atoms with Crippen LogP contribution in [-0.2, 0) is 0 Å². The number of anilines is 2. The average molecular weight is 266 g/mol. The number of rotatable bonds is 4. The van der Waals surface area contributed by atoms with Gasteiger partial charge in [-0.3, -0.25) is 10.1 Å². The van der Waals surface area contributed by atoms with Crippen LogP contribution in [0.4, 0.5) is 17.3 Å². The van der Waals surface area contributed by atoms with E-state index < -0.39 is 4.92 Å². The predicted octanol–water partition coefficient (Wildman–Crippen LogP) is 2.90. The lowest BCUT2D eigenvalue weighted by Gasteiger charge is -2.36. The first-order valence-electron chi connectivity index (χ1n) is 6.24. The van der Waals surface area contributed by atoms with Crippen LogP contribution in [0.25, 0.3) is 0 Å². The molecule has 0 aliphatic heterocycles. The Morgan fingerprint density at radius 2 is 2.00 bits per heavy atom. The smallest absolute Gasteiger partial charge is 0.276 e. The minimum absolute atomic E-state index is 0.0438. The van der Waals surface area contributed by atoms with Crippen molar-refractivity contribution in [2.45, 2.75) is 33.7 Å². The highest BCUT2D eigenvalue weighted by Gasteiger charge is 2.26. The molecular formula is C13H22N4O2.